The molecule has 2 heteroatoms. The van der Waals surface area contributed by atoms with Gasteiger partial charge in [-0.15, -0.1) is 0 Å². The lowest BCUT2D eigenvalue weighted by molar-refractivity contribution is 1.33. The number of benzene rings is 6. The molecule has 0 bridgehead atoms. The van der Waals surface area contributed by atoms with Crippen LogP contribution in [0.15, 0.2) is 170 Å². The first kappa shape index (κ1) is 24.8. The van der Waals surface area contributed by atoms with Crippen LogP contribution in [0.3, 0.4) is 0 Å². The molecule has 192 valence electrons. The molecule has 6 aromatic carbocycles. The highest BCUT2D eigenvalue weighted by molar-refractivity contribution is 6.99. The van der Waals surface area contributed by atoms with Crippen molar-refractivity contribution in [2.45, 2.75) is 0 Å². The van der Waals surface area contributed by atoms with Gasteiger partial charge in [0.1, 0.15) is 0 Å². The quantitative estimate of drug-likeness (QED) is 0.204. The number of nitrogens with zero attached hydrogens (tertiary/aromatic N) is 1. The zero-order chi connectivity index (χ0) is 27.4. The molecule has 0 aliphatic carbocycles. The number of hydrogen-bond donors (Lipinski definition) is 0. The van der Waals surface area contributed by atoms with E-state index in [1.807, 2.05) is 12.3 Å². The maximum absolute atomic E-state index is 4.80. The van der Waals surface area contributed by atoms with Crippen LogP contribution in [-0.4, -0.2) is 11.7 Å². The van der Waals surface area contributed by atoms with E-state index in [0.717, 1.165) is 11.3 Å². The first-order chi connectivity index (χ1) is 20.4. The van der Waals surface area contributed by atoms with Gasteiger partial charge in [-0.05, 0) is 50.7 Å². The third-order valence-electron chi connectivity index (χ3n) is 7.91. The fourth-order valence-corrected chi connectivity index (χ4v) is 6.09. The van der Waals surface area contributed by atoms with Crippen molar-refractivity contribution < 1.29 is 0 Å². The van der Waals surface area contributed by atoms with Crippen LogP contribution >= 0.6 is 0 Å². The zero-order valence-electron chi connectivity index (χ0n) is 22.7. The minimum absolute atomic E-state index is 0.0501. The van der Waals surface area contributed by atoms with Gasteiger partial charge in [0.05, 0.1) is 5.69 Å². The fraction of sp³-hybridized carbons (Fsp3) is 0. The molecule has 0 saturated heterocycles. The first-order valence-corrected chi connectivity index (χ1v) is 14.1. The van der Waals surface area contributed by atoms with E-state index in [-0.39, 0.29) is 6.71 Å². The Hall–Kier alpha value is -5.21. The van der Waals surface area contributed by atoms with E-state index in [1.54, 1.807) is 0 Å². The Bertz CT molecular complexity index is 1850. The van der Waals surface area contributed by atoms with Crippen molar-refractivity contribution >= 4 is 33.9 Å². The minimum atomic E-state index is -0.0501. The third-order valence-corrected chi connectivity index (χ3v) is 7.91. The van der Waals surface area contributed by atoms with Gasteiger partial charge < -0.3 is 0 Å². The second-order valence-corrected chi connectivity index (χ2v) is 10.3. The van der Waals surface area contributed by atoms with Crippen molar-refractivity contribution in [1.82, 2.24) is 4.98 Å². The highest BCUT2D eigenvalue weighted by Gasteiger charge is 2.31. The summed E-state index contributed by atoms with van der Waals surface area (Å²) in [4.78, 5) is 4.80. The molecule has 0 unspecified atom stereocenters. The summed E-state index contributed by atoms with van der Waals surface area (Å²) >= 11 is 0. The molecule has 41 heavy (non-hydrogen) atoms. The van der Waals surface area contributed by atoms with Gasteiger partial charge in [0.25, 0.3) is 0 Å². The highest BCUT2D eigenvalue weighted by Crippen LogP contribution is 2.27. The van der Waals surface area contributed by atoms with Crippen LogP contribution in [0, 0.1) is 0 Å². The summed E-state index contributed by atoms with van der Waals surface area (Å²) in [6.07, 6.45) is 1.88. The second-order valence-electron chi connectivity index (χ2n) is 10.3. The predicted octanol–water partition coefficient (Wildman–Crippen LogP) is 7.75. The summed E-state index contributed by atoms with van der Waals surface area (Å²) in [6.45, 7) is -0.0501. The molecule has 1 heterocycles. The van der Waals surface area contributed by atoms with Gasteiger partial charge in [0.15, 0.2) is 0 Å². The Balaban J connectivity index is 1.62. The number of pyridine rings is 1. The minimum Gasteiger partial charge on any atom is -0.256 e. The molecular formula is C39H28BN. The monoisotopic (exact) mass is 521 g/mol. The number of aromatic nitrogens is 1. The van der Waals surface area contributed by atoms with Gasteiger partial charge in [-0.1, -0.05) is 168 Å². The summed E-state index contributed by atoms with van der Waals surface area (Å²) in [5.41, 5.74) is 10.9. The summed E-state index contributed by atoms with van der Waals surface area (Å²) in [5, 5.41) is 2.50. The molecule has 0 aliphatic heterocycles. The van der Waals surface area contributed by atoms with Crippen LogP contribution < -0.4 is 16.4 Å². The molecule has 1 nitrogen and oxygen atoms in total. The number of rotatable bonds is 6. The summed E-state index contributed by atoms with van der Waals surface area (Å²) in [5.74, 6) is 0. The first-order valence-electron chi connectivity index (χ1n) is 14.1. The van der Waals surface area contributed by atoms with E-state index < -0.39 is 0 Å². The molecule has 7 rings (SSSR count). The normalized spacial score (nSPS) is 10.9. The standard InChI is InChI=1S/C39H28BN/c1-3-15-29(16-4-1)32-20-9-11-23-36(32)40(37-24-12-10-22-35(37)38-25-13-14-28-41-38)39-33-21-8-7-19-31(33)26-27-34(39)30-17-5-2-6-18-30/h1-28H. The molecule has 0 saturated carbocycles. The Morgan fingerprint density at radius 2 is 0.951 bits per heavy atom. The van der Waals surface area contributed by atoms with Gasteiger partial charge in [0.2, 0.25) is 6.71 Å². The predicted molar refractivity (Wildman–Crippen MR) is 176 cm³/mol. The maximum Gasteiger partial charge on any atom is 0.244 e. The Kier molecular flexibility index (Phi) is 6.73. The van der Waals surface area contributed by atoms with Crippen molar-refractivity contribution in [1.29, 1.82) is 0 Å². The van der Waals surface area contributed by atoms with Crippen molar-refractivity contribution in [3.63, 3.8) is 0 Å². The fourth-order valence-electron chi connectivity index (χ4n) is 6.09. The van der Waals surface area contributed by atoms with E-state index in [0.29, 0.717) is 0 Å². The Morgan fingerprint density at radius 1 is 0.390 bits per heavy atom. The Morgan fingerprint density at radius 3 is 1.66 bits per heavy atom. The van der Waals surface area contributed by atoms with E-state index in [9.17, 15) is 0 Å². The van der Waals surface area contributed by atoms with E-state index in [2.05, 4.69) is 158 Å². The average Bonchev–Trinajstić information content (AvgIpc) is 3.06. The molecule has 0 aliphatic rings. The summed E-state index contributed by atoms with van der Waals surface area (Å²) in [7, 11) is 0. The molecule has 1 aromatic heterocycles. The molecule has 0 N–H and O–H groups in total. The molecule has 0 amide bonds. The second kappa shape index (κ2) is 11.1. The molecule has 7 aromatic rings. The molecule has 0 atom stereocenters. The molecule has 0 spiro atoms. The van der Waals surface area contributed by atoms with Crippen molar-refractivity contribution in [3.05, 3.63) is 170 Å². The van der Waals surface area contributed by atoms with Crippen molar-refractivity contribution in [3.8, 4) is 33.5 Å². The van der Waals surface area contributed by atoms with Crippen LogP contribution in [0.4, 0.5) is 0 Å². The number of fused-ring (bicyclic) bond motifs is 1. The third kappa shape index (κ3) is 4.75. The van der Waals surface area contributed by atoms with E-state index in [4.69, 9.17) is 4.98 Å². The lowest BCUT2D eigenvalue weighted by atomic mass is 9.34. The topological polar surface area (TPSA) is 12.9 Å². The van der Waals surface area contributed by atoms with Gasteiger partial charge in [0, 0.05) is 6.20 Å². The van der Waals surface area contributed by atoms with Gasteiger partial charge in [-0.25, -0.2) is 0 Å². The molecule has 0 fully saturated rings. The highest BCUT2D eigenvalue weighted by atomic mass is 14.7. The van der Waals surface area contributed by atoms with Gasteiger partial charge >= 0.3 is 0 Å². The zero-order valence-corrected chi connectivity index (χ0v) is 22.7. The van der Waals surface area contributed by atoms with E-state index >= 15 is 0 Å². The molecular weight excluding hydrogens is 493 g/mol. The average molecular weight is 521 g/mol. The van der Waals surface area contributed by atoms with Crippen LogP contribution in [0.25, 0.3) is 44.3 Å². The van der Waals surface area contributed by atoms with Crippen molar-refractivity contribution in [2.75, 3.05) is 0 Å². The summed E-state index contributed by atoms with van der Waals surface area (Å²) in [6, 6.07) is 58.7. The Labute approximate surface area is 241 Å². The van der Waals surface area contributed by atoms with Gasteiger partial charge in [-0.3, -0.25) is 4.98 Å². The van der Waals surface area contributed by atoms with Crippen molar-refractivity contribution in [2.24, 2.45) is 0 Å². The van der Waals surface area contributed by atoms with Crippen LogP contribution in [0.2, 0.25) is 0 Å². The maximum atomic E-state index is 4.80. The van der Waals surface area contributed by atoms with Crippen LogP contribution in [0.1, 0.15) is 0 Å². The SMILES string of the molecule is c1ccc(-c2ccccc2B(c2ccccc2-c2ccccn2)c2c(-c3ccccc3)ccc3ccccc23)cc1. The lowest BCUT2D eigenvalue weighted by Crippen LogP contribution is -2.54. The van der Waals surface area contributed by atoms with Gasteiger partial charge in [-0.2, -0.15) is 0 Å². The largest absolute Gasteiger partial charge is 0.256 e. The summed E-state index contributed by atoms with van der Waals surface area (Å²) < 4.78 is 0. The van der Waals surface area contributed by atoms with E-state index in [1.165, 1.54) is 49.4 Å². The molecule has 0 radical (unpaired) electrons. The lowest BCUT2D eigenvalue weighted by Gasteiger charge is -2.25. The van der Waals surface area contributed by atoms with Crippen LogP contribution in [0.5, 0.6) is 0 Å². The number of hydrogen-bond acceptors (Lipinski definition) is 1. The van der Waals surface area contributed by atoms with Crippen LogP contribution in [-0.2, 0) is 0 Å². The smallest absolute Gasteiger partial charge is 0.244 e.